The molecule has 4 nitrogen and oxygen atoms in total. The van der Waals surface area contributed by atoms with Gasteiger partial charge in [-0.25, -0.2) is 13.1 Å². The highest BCUT2D eigenvalue weighted by molar-refractivity contribution is 7.99. The monoisotopic (exact) mass is 315 g/mol. The highest BCUT2D eigenvalue weighted by Gasteiger charge is 2.19. The van der Waals surface area contributed by atoms with Crippen LogP contribution in [-0.2, 0) is 10.0 Å². The summed E-state index contributed by atoms with van der Waals surface area (Å²) in [6.45, 7) is 2.13. The molecule has 0 aromatic heterocycles. The molecule has 1 aromatic rings. The van der Waals surface area contributed by atoms with E-state index in [-0.39, 0.29) is 4.90 Å². The molecule has 1 aromatic carbocycles. The highest BCUT2D eigenvalue weighted by Crippen LogP contribution is 2.23. The van der Waals surface area contributed by atoms with Crippen LogP contribution in [-0.4, -0.2) is 31.6 Å². The van der Waals surface area contributed by atoms with E-state index in [9.17, 15) is 13.5 Å². The van der Waals surface area contributed by atoms with Crippen LogP contribution in [0.4, 0.5) is 0 Å². The summed E-state index contributed by atoms with van der Waals surface area (Å²) in [5, 5.41) is 9.53. The maximum Gasteiger partial charge on any atom is 0.240 e. The number of sulfonamides is 1. The number of benzene rings is 1. The number of nitrogens with one attached hydrogen (secondary N) is 1. The van der Waals surface area contributed by atoms with Crippen LogP contribution in [0.2, 0.25) is 0 Å². The molecule has 0 aliphatic carbocycles. The van der Waals surface area contributed by atoms with Crippen molar-refractivity contribution in [2.75, 3.05) is 18.1 Å². The molecular weight excluding hydrogens is 294 g/mol. The van der Waals surface area contributed by atoms with E-state index in [1.165, 1.54) is 6.07 Å². The Labute approximate surface area is 125 Å². The predicted molar refractivity (Wildman–Crippen MR) is 82.3 cm³/mol. The number of aliphatic hydroxyl groups excluding tert-OH is 1. The van der Waals surface area contributed by atoms with Crippen LogP contribution in [0.15, 0.2) is 29.2 Å². The van der Waals surface area contributed by atoms with Crippen molar-refractivity contribution in [3.8, 4) is 0 Å². The van der Waals surface area contributed by atoms with E-state index >= 15 is 0 Å². The summed E-state index contributed by atoms with van der Waals surface area (Å²) in [4.78, 5) is 0.223. The Morgan fingerprint density at radius 1 is 1.40 bits per heavy atom. The van der Waals surface area contributed by atoms with Gasteiger partial charge in [-0.05, 0) is 54.9 Å². The standard InChI is InChI=1S/C14H21NO3S2/c1-11(16)13-3-2-4-14(9-13)20(17,18)15-10-12-5-7-19-8-6-12/h2-4,9,11-12,15-16H,5-8,10H2,1H3. The minimum absolute atomic E-state index is 0.223. The van der Waals surface area contributed by atoms with Gasteiger partial charge in [0.05, 0.1) is 11.0 Å². The minimum Gasteiger partial charge on any atom is -0.389 e. The van der Waals surface area contributed by atoms with Crippen LogP contribution in [0.3, 0.4) is 0 Å². The summed E-state index contributed by atoms with van der Waals surface area (Å²) in [6.07, 6.45) is 1.47. The Kier molecular flexibility index (Phi) is 5.49. The molecule has 0 spiro atoms. The molecule has 1 unspecified atom stereocenters. The van der Waals surface area contributed by atoms with Gasteiger partial charge in [0, 0.05) is 6.54 Å². The summed E-state index contributed by atoms with van der Waals surface area (Å²) in [7, 11) is -3.48. The first-order valence-corrected chi connectivity index (χ1v) is 9.48. The van der Waals surface area contributed by atoms with Gasteiger partial charge < -0.3 is 5.11 Å². The number of aliphatic hydroxyl groups is 1. The maximum atomic E-state index is 12.3. The summed E-state index contributed by atoms with van der Waals surface area (Å²) in [5.41, 5.74) is 0.613. The van der Waals surface area contributed by atoms with E-state index in [1.54, 1.807) is 25.1 Å². The molecule has 2 rings (SSSR count). The lowest BCUT2D eigenvalue weighted by Gasteiger charge is -2.21. The maximum absolute atomic E-state index is 12.3. The first kappa shape index (κ1) is 15.8. The fourth-order valence-electron chi connectivity index (χ4n) is 2.20. The lowest BCUT2D eigenvalue weighted by molar-refractivity contribution is 0.199. The minimum atomic E-state index is -3.48. The Morgan fingerprint density at radius 2 is 2.10 bits per heavy atom. The van der Waals surface area contributed by atoms with Gasteiger partial charge in [-0.2, -0.15) is 11.8 Å². The normalized spacial score (nSPS) is 18.9. The van der Waals surface area contributed by atoms with E-state index in [1.807, 2.05) is 11.8 Å². The van der Waals surface area contributed by atoms with Gasteiger partial charge in [-0.1, -0.05) is 12.1 Å². The lowest BCUT2D eigenvalue weighted by atomic mass is 10.0. The van der Waals surface area contributed by atoms with Crippen molar-refractivity contribution in [1.29, 1.82) is 0 Å². The highest BCUT2D eigenvalue weighted by atomic mass is 32.2. The van der Waals surface area contributed by atoms with Crippen LogP contribution in [0, 0.1) is 5.92 Å². The summed E-state index contributed by atoms with van der Waals surface area (Å²) >= 11 is 1.93. The zero-order chi connectivity index (χ0) is 14.6. The molecule has 20 heavy (non-hydrogen) atoms. The molecule has 0 saturated carbocycles. The molecule has 0 bridgehead atoms. The second kappa shape index (κ2) is 6.93. The van der Waals surface area contributed by atoms with Gasteiger partial charge in [0.2, 0.25) is 10.0 Å². The van der Waals surface area contributed by atoms with Gasteiger partial charge in [-0.15, -0.1) is 0 Å². The number of hydrogen-bond acceptors (Lipinski definition) is 4. The third-order valence-electron chi connectivity index (χ3n) is 3.55. The van der Waals surface area contributed by atoms with Crippen LogP contribution in [0.5, 0.6) is 0 Å². The fourth-order valence-corrected chi connectivity index (χ4v) is 4.58. The molecule has 6 heteroatoms. The number of hydrogen-bond donors (Lipinski definition) is 2. The third-order valence-corrected chi connectivity index (χ3v) is 6.02. The topological polar surface area (TPSA) is 66.4 Å². The second-order valence-corrected chi connectivity index (χ2v) is 8.15. The van der Waals surface area contributed by atoms with E-state index in [4.69, 9.17) is 0 Å². The molecule has 1 heterocycles. The zero-order valence-electron chi connectivity index (χ0n) is 11.6. The molecule has 1 atom stereocenters. The van der Waals surface area contributed by atoms with Crippen molar-refractivity contribution in [2.45, 2.75) is 30.8 Å². The first-order valence-electron chi connectivity index (χ1n) is 6.84. The van der Waals surface area contributed by atoms with Crippen molar-refractivity contribution in [1.82, 2.24) is 4.72 Å². The van der Waals surface area contributed by atoms with Gasteiger partial charge in [0.15, 0.2) is 0 Å². The predicted octanol–water partition coefficient (Wildman–Crippen LogP) is 2.16. The SMILES string of the molecule is CC(O)c1cccc(S(=O)(=O)NCC2CCSCC2)c1. The zero-order valence-corrected chi connectivity index (χ0v) is 13.2. The molecule has 1 saturated heterocycles. The van der Waals surface area contributed by atoms with Crippen molar-refractivity contribution in [3.63, 3.8) is 0 Å². The van der Waals surface area contributed by atoms with Crippen LogP contribution in [0.1, 0.15) is 31.4 Å². The quantitative estimate of drug-likeness (QED) is 0.874. The number of rotatable bonds is 5. The summed E-state index contributed by atoms with van der Waals surface area (Å²) < 4.78 is 27.2. The van der Waals surface area contributed by atoms with E-state index in [2.05, 4.69) is 4.72 Å². The average Bonchev–Trinajstić information content (AvgIpc) is 2.46. The Bertz CT molecular complexity index is 537. The Morgan fingerprint density at radius 3 is 2.75 bits per heavy atom. The van der Waals surface area contributed by atoms with Crippen molar-refractivity contribution in [2.24, 2.45) is 5.92 Å². The van der Waals surface area contributed by atoms with Gasteiger partial charge >= 0.3 is 0 Å². The molecule has 0 amide bonds. The van der Waals surface area contributed by atoms with Crippen molar-refractivity contribution in [3.05, 3.63) is 29.8 Å². The average molecular weight is 315 g/mol. The molecule has 1 fully saturated rings. The van der Waals surface area contributed by atoms with Gasteiger partial charge in [-0.3, -0.25) is 0 Å². The molecule has 112 valence electrons. The van der Waals surface area contributed by atoms with Crippen LogP contribution < -0.4 is 4.72 Å². The van der Waals surface area contributed by atoms with Crippen molar-refractivity contribution >= 4 is 21.8 Å². The molecule has 0 radical (unpaired) electrons. The molecule has 1 aliphatic heterocycles. The largest absolute Gasteiger partial charge is 0.389 e. The van der Waals surface area contributed by atoms with Crippen LogP contribution >= 0.6 is 11.8 Å². The lowest BCUT2D eigenvalue weighted by Crippen LogP contribution is -2.31. The number of thioether (sulfide) groups is 1. The summed E-state index contributed by atoms with van der Waals surface area (Å²) in [5.74, 6) is 2.67. The second-order valence-electron chi connectivity index (χ2n) is 5.16. The fraction of sp³-hybridized carbons (Fsp3) is 0.571. The van der Waals surface area contributed by atoms with E-state index < -0.39 is 16.1 Å². The smallest absolute Gasteiger partial charge is 0.240 e. The van der Waals surface area contributed by atoms with Crippen LogP contribution in [0.25, 0.3) is 0 Å². The molecular formula is C14H21NO3S2. The third kappa shape index (κ3) is 4.22. The summed E-state index contributed by atoms with van der Waals surface area (Å²) in [6, 6.07) is 6.48. The van der Waals surface area contributed by atoms with Gasteiger partial charge in [0.1, 0.15) is 0 Å². The van der Waals surface area contributed by atoms with E-state index in [0.29, 0.717) is 18.0 Å². The molecule has 2 N–H and O–H groups in total. The van der Waals surface area contributed by atoms with Crippen molar-refractivity contribution < 1.29 is 13.5 Å². The van der Waals surface area contributed by atoms with E-state index in [0.717, 1.165) is 24.3 Å². The Balaban J connectivity index is 2.03. The molecule has 1 aliphatic rings. The van der Waals surface area contributed by atoms with Gasteiger partial charge in [0.25, 0.3) is 0 Å². The first-order chi connectivity index (χ1) is 9.49. The Hall–Kier alpha value is -0.560.